The Hall–Kier alpha value is -1.62. The van der Waals surface area contributed by atoms with Crippen molar-refractivity contribution in [2.45, 2.75) is 39.8 Å². The van der Waals surface area contributed by atoms with Crippen molar-refractivity contribution in [3.05, 3.63) is 12.1 Å². The van der Waals surface area contributed by atoms with Crippen LogP contribution in [0.3, 0.4) is 0 Å². The fourth-order valence-corrected chi connectivity index (χ4v) is 2.69. The molecule has 3 N–H and O–H groups in total. The van der Waals surface area contributed by atoms with Crippen LogP contribution >= 0.6 is 0 Å². The number of anilines is 2. The van der Waals surface area contributed by atoms with Gasteiger partial charge in [-0.05, 0) is 27.7 Å². The van der Waals surface area contributed by atoms with Crippen molar-refractivity contribution < 1.29 is 9.47 Å². The molecule has 0 spiro atoms. The second-order valence-corrected chi connectivity index (χ2v) is 5.94. The number of hydrogen-bond donors (Lipinski definition) is 2. The van der Waals surface area contributed by atoms with Crippen molar-refractivity contribution in [3.8, 4) is 11.5 Å². The molecule has 118 valence electrons. The van der Waals surface area contributed by atoms with Crippen molar-refractivity contribution in [1.29, 1.82) is 0 Å². The van der Waals surface area contributed by atoms with Gasteiger partial charge >= 0.3 is 0 Å². The first-order valence-electron chi connectivity index (χ1n) is 7.67. The molecule has 0 amide bonds. The van der Waals surface area contributed by atoms with Gasteiger partial charge in [0.15, 0.2) is 11.5 Å². The van der Waals surface area contributed by atoms with Crippen molar-refractivity contribution in [2.75, 3.05) is 37.4 Å². The summed E-state index contributed by atoms with van der Waals surface area (Å²) in [6.07, 6.45) is 0. The number of hydrogen-bond acceptors (Lipinski definition) is 5. The minimum Gasteiger partial charge on any atom is -0.486 e. The van der Waals surface area contributed by atoms with Crippen LogP contribution in [-0.2, 0) is 0 Å². The number of nitrogens with two attached hydrogens (primary N) is 1. The van der Waals surface area contributed by atoms with Crippen molar-refractivity contribution in [3.63, 3.8) is 0 Å². The molecule has 1 aromatic carbocycles. The summed E-state index contributed by atoms with van der Waals surface area (Å²) in [5.74, 6) is 1.50. The molecule has 2 rings (SSSR count). The molecule has 1 heterocycles. The maximum absolute atomic E-state index is 6.07. The number of nitrogens with one attached hydrogen (secondary N) is 1. The topological polar surface area (TPSA) is 59.8 Å². The first-order chi connectivity index (χ1) is 9.99. The minimum atomic E-state index is 0.532. The van der Waals surface area contributed by atoms with Crippen LogP contribution in [-0.4, -0.2) is 43.3 Å². The molecule has 0 saturated carbocycles. The van der Waals surface area contributed by atoms with Crippen molar-refractivity contribution in [1.82, 2.24) is 4.90 Å². The van der Waals surface area contributed by atoms with E-state index >= 15 is 0 Å². The SMILES string of the molecule is CC(C)N(CCNc1cc2c(cc1N)OCCO2)C(C)C. The lowest BCUT2D eigenvalue weighted by molar-refractivity contribution is 0.172. The summed E-state index contributed by atoms with van der Waals surface area (Å²) >= 11 is 0. The summed E-state index contributed by atoms with van der Waals surface area (Å²) in [5, 5.41) is 3.40. The highest BCUT2D eigenvalue weighted by molar-refractivity contribution is 5.72. The summed E-state index contributed by atoms with van der Waals surface area (Å²) in [4.78, 5) is 2.45. The zero-order chi connectivity index (χ0) is 15.4. The Labute approximate surface area is 127 Å². The van der Waals surface area contributed by atoms with Gasteiger partial charge in [-0.25, -0.2) is 0 Å². The molecule has 0 aromatic heterocycles. The van der Waals surface area contributed by atoms with E-state index < -0.39 is 0 Å². The van der Waals surface area contributed by atoms with E-state index in [4.69, 9.17) is 15.2 Å². The van der Waals surface area contributed by atoms with Gasteiger partial charge in [-0.15, -0.1) is 0 Å². The molecule has 1 aliphatic rings. The van der Waals surface area contributed by atoms with Crippen molar-refractivity contribution >= 4 is 11.4 Å². The Balaban J connectivity index is 1.97. The van der Waals surface area contributed by atoms with Crippen LogP contribution in [0.4, 0.5) is 11.4 Å². The summed E-state index contributed by atoms with van der Waals surface area (Å²) in [7, 11) is 0. The number of benzene rings is 1. The highest BCUT2D eigenvalue weighted by Gasteiger charge is 2.16. The highest BCUT2D eigenvalue weighted by Crippen LogP contribution is 2.36. The third kappa shape index (κ3) is 3.94. The number of nitrogens with zero attached hydrogens (tertiary/aromatic N) is 1. The monoisotopic (exact) mass is 293 g/mol. The highest BCUT2D eigenvalue weighted by atomic mass is 16.6. The molecular formula is C16H27N3O2. The van der Waals surface area contributed by atoms with Gasteiger partial charge in [-0.3, -0.25) is 4.90 Å². The zero-order valence-electron chi connectivity index (χ0n) is 13.5. The first kappa shape index (κ1) is 15.8. The van der Waals surface area contributed by atoms with Crippen LogP contribution in [0.5, 0.6) is 11.5 Å². The molecule has 0 bridgehead atoms. The maximum Gasteiger partial charge on any atom is 0.163 e. The van der Waals surface area contributed by atoms with E-state index in [0.717, 1.165) is 30.3 Å². The Kier molecular flexibility index (Phi) is 5.17. The van der Waals surface area contributed by atoms with Gasteiger partial charge < -0.3 is 20.5 Å². The van der Waals surface area contributed by atoms with Crippen LogP contribution in [0.25, 0.3) is 0 Å². The fraction of sp³-hybridized carbons (Fsp3) is 0.625. The van der Waals surface area contributed by atoms with Crippen LogP contribution < -0.4 is 20.5 Å². The number of rotatable bonds is 6. The van der Waals surface area contributed by atoms with Crippen LogP contribution in [0.2, 0.25) is 0 Å². The predicted molar refractivity (Wildman–Crippen MR) is 87.3 cm³/mol. The Morgan fingerprint density at radius 2 is 1.67 bits per heavy atom. The third-order valence-corrected chi connectivity index (χ3v) is 3.73. The minimum absolute atomic E-state index is 0.532. The Bertz CT molecular complexity index is 467. The molecule has 0 atom stereocenters. The normalized spacial score (nSPS) is 14.0. The van der Waals surface area contributed by atoms with E-state index in [1.54, 1.807) is 0 Å². The van der Waals surface area contributed by atoms with Crippen LogP contribution in [0.15, 0.2) is 12.1 Å². The summed E-state index contributed by atoms with van der Waals surface area (Å²) in [5.41, 5.74) is 7.67. The van der Waals surface area contributed by atoms with Gasteiger partial charge in [0.25, 0.3) is 0 Å². The molecule has 1 aliphatic heterocycles. The Morgan fingerprint density at radius 3 is 2.24 bits per heavy atom. The molecule has 0 aliphatic carbocycles. The smallest absolute Gasteiger partial charge is 0.163 e. The van der Waals surface area contributed by atoms with Gasteiger partial charge in [0.1, 0.15) is 13.2 Å². The molecule has 5 nitrogen and oxygen atoms in total. The average molecular weight is 293 g/mol. The summed E-state index contributed by atoms with van der Waals surface area (Å²) < 4.78 is 11.1. The lowest BCUT2D eigenvalue weighted by atomic mass is 10.2. The van der Waals surface area contributed by atoms with Gasteiger partial charge in [0.2, 0.25) is 0 Å². The maximum atomic E-state index is 6.07. The Morgan fingerprint density at radius 1 is 1.10 bits per heavy atom. The fourth-order valence-electron chi connectivity index (χ4n) is 2.69. The van der Waals surface area contributed by atoms with E-state index in [1.165, 1.54) is 0 Å². The van der Waals surface area contributed by atoms with E-state index in [0.29, 0.717) is 31.0 Å². The molecule has 21 heavy (non-hydrogen) atoms. The van der Waals surface area contributed by atoms with Gasteiger partial charge in [-0.1, -0.05) is 0 Å². The predicted octanol–water partition coefficient (Wildman–Crippen LogP) is 2.57. The van der Waals surface area contributed by atoms with Gasteiger partial charge in [0.05, 0.1) is 11.4 Å². The molecule has 0 unspecified atom stereocenters. The zero-order valence-corrected chi connectivity index (χ0v) is 13.5. The second kappa shape index (κ2) is 6.89. The standard InChI is InChI=1S/C16H27N3O2/c1-11(2)19(12(3)4)6-5-18-14-10-16-15(9-13(14)17)20-7-8-21-16/h9-12,18H,5-8,17H2,1-4H3. The lowest BCUT2D eigenvalue weighted by Gasteiger charge is -2.30. The van der Waals surface area contributed by atoms with E-state index in [2.05, 4.69) is 37.9 Å². The molecule has 5 heteroatoms. The average Bonchev–Trinajstić information content (AvgIpc) is 2.43. The van der Waals surface area contributed by atoms with Crippen LogP contribution in [0, 0.1) is 0 Å². The van der Waals surface area contributed by atoms with Crippen LogP contribution in [0.1, 0.15) is 27.7 Å². The molecule has 0 fully saturated rings. The second-order valence-electron chi connectivity index (χ2n) is 5.94. The third-order valence-electron chi connectivity index (χ3n) is 3.73. The van der Waals surface area contributed by atoms with E-state index in [1.807, 2.05) is 12.1 Å². The number of fused-ring (bicyclic) bond motifs is 1. The lowest BCUT2D eigenvalue weighted by Crippen LogP contribution is -2.40. The van der Waals surface area contributed by atoms with E-state index in [9.17, 15) is 0 Å². The molecule has 0 saturated heterocycles. The van der Waals surface area contributed by atoms with E-state index in [-0.39, 0.29) is 0 Å². The molecular weight excluding hydrogens is 266 g/mol. The largest absolute Gasteiger partial charge is 0.486 e. The first-order valence-corrected chi connectivity index (χ1v) is 7.67. The van der Waals surface area contributed by atoms with Crippen molar-refractivity contribution in [2.24, 2.45) is 0 Å². The number of nitrogen functional groups attached to an aromatic ring is 1. The summed E-state index contributed by atoms with van der Waals surface area (Å²) in [6.45, 7) is 11.9. The summed E-state index contributed by atoms with van der Waals surface area (Å²) in [6, 6.07) is 4.83. The molecule has 0 radical (unpaired) electrons. The number of ether oxygens (including phenoxy) is 2. The molecule has 1 aromatic rings. The quantitative estimate of drug-likeness (QED) is 0.789. The van der Waals surface area contributed by atoms with Gasteiger partial charge in [0, 0.05) is 37.3 Å². The van der Waals surface area contributed by atoms with Gasteiger partial charge in [-0.2, -0.15) is 0 Å².